The third-order valence-electron chi connectivity index (χ3n) is 5.49. The fraction of sp³-hybridized carbons (Fsp3) is 0.200. The molecule has 0 aliphatic heterocycles. The van der Waals surface area contributed by atoms with Crippen LogP contribution in [0.5, 0.6) is 0 Å². The van der Waals surface area contributed by atoms with Crippen LogP contribution in [0.3, 0.4) is 0 Å². The maximum Gasteiger partial charge on any atom is 0.243 e. The SMILES string of the molecule is C[C@@H](Nc1ncnc2[nH]c(-c3ccc(NC(=O)CCCC(=O)NO)cc3)cc12)c1ccccc1. The Kier molecular flexibility index (Phi) is 7.14. The molecule has 0 aliphatic carbocycles. The molecule has 2 aromatic heterocycles. The molecule has 0 radical (unpaired) electrons. The summed E-state index contributed by atoms with van der Waals surface area (Å²) in [5.41, 5.74) is 5.95. The van der Waals surface area contributed by atoms with Crippen LogP contribution < -0.4 is 16.1 Å². The highest BCUT2D eigenvalue weighted by molar-refractivity contribution is 5.93. The van der Waals surface area contributed by atoms with E-state index in [0.717, 1.165) is 28.1 Å². The molecule has 5 N–H and O–H groups in total. The summed E-state index contributed by atoms with van der Waals surface area (Å²) in [5.74, 6) is 0.0540. The Morgan fingerprint density at radius 1 is 1.00 bits per heavy atom. The van der Waals surface area contributed by atoms with Crippen molar-refractivity contribution in [3.05, 3.63) is 72.6 Å². The predicted octanol–water partition coefficient (Wildman–Crippen LogP) is 4.41. The summed E-state index contributed by atoms with van der Waals surface area (Å²) in [4.78, 5) is 35.2. The molecule has 34 heavy (non-hydrogen) atoms. The normalized spacial score (nSPS) is 11.7. The lowest BCUT2D eigenvalue weighted by Crippen LogP contribution is -2.19. The van der Waals surface area contributed by atoms with E-state index in [1.165, 1.54) is 11.9 Å². The summed E-state index contributed by atoms with van der Waals surface area (Å²) >= 11 is 0. The van der Waals surface area contributed by atoms with E-state index in [9.17, 15) is 9.59 Å². The van der Waals surface area contributed by atoms with Gasteiger partial charge in [0.15, 0.2) is 0 Å². The Morgan fingerprint density at radius 3 is 2.47 bits per heavy atom. The number of hydroxylamine groups is 1. The number of hydrogen-bond acceptors (Lipinski definition) is 6. The maximum absolute atomic E-state index is 12.0. The number of fused-ring (bicyclic) bond motifs is 1. The summed E-state index contributed by atoms with van der Waals surface area (Å²) in [7, 11) is 0. The average Bonchev–Trinajstić information content (AvgIpc) is 3.30. The predicted molar refractivity (Wildman–Crippen MR) is 130 cm³/mol. The number of amides is 2. The number of aromatic nitrogens is 3. The Hall–Kier alpha value is -4.24. The molecule has 2 aromatic carbocycles. The van der Waals surface area contributed by atoms with Crippen molar-refractivity contribution >= 4 is 34.4 Å². The van der Waals surface area contributed by atoms with Crippen molar-refractivity contribution in [1.82, 2.24) is 20.4 Å². The molecule has 9 heteroatoms. The zero-order valence-electron chi connectivity index (χ0n) is 18.7. The summed E-state index contributed by atoms with van der Waals surface area (Å²) < 4.78 is 0. The number of nitrogens with one attached hydrogen (secondary N) is 4. The smallest absolute Gasteiger partial charge is 0.243 e. The zero-order chi connectivity index (χ0) is 23.9. The van der Waals surface area contributed by atoms with Crippen LogP contribution in [0.1, 0.15) is 37.8 Å². The number of H-pyrrole nitrogens is 1. The number of anilines is 2. The van der Waals surface area contributed by atoms with Crippen LogP contribution in [0.4, 0.5) is 11.5 Å². The molecule has 0 aliphatic rings. The molecule has 0 unspecified atom stereocenters. The van der Waals surface area contributed by atoms with Gasteiger partial charge in [-0.1, -0.05) is 42.5 Å². The van der Waals surface area contributed by atoms with Crippen LogP contribution in [0.15, 0.2) is 67.0 Å². The minimum absolute atomic E-state index is 0.0820. The number of nitrogens with zero attached hydrogens (tertiary/aromatic N) is 2. The zero-order valence-corrected chi connectivity index (χ0v) is 18.7. The molecule has 2 heterocycles. The molecule has 2 amide bonds. The van der Waals surface area contributed by atoms with Crippen molar-refractivity contribution in [3.8, 4) is 11.3 Å². The Morgan fingerprint density at radius 2 is 1.74 bits per heavy atom. The van der Waals surface area contributed by atoms with Gasteiger partial charge in [0.2, 0.25) is 11.8 Å². The van der Waals surface area contributed by atoms with E-state index in [2.05, 4.69) is 44.6 Å². The van der Waals surface area contributed by atoms with E-state index in [1.54, 1.807) is 5.48 Å². The lowest BCUT2D eigenvalue weighted by Gasteiger charge is -2.15. The van der Waals surface area contributed by atoms with Crippen LogP contribution in [0.2, 0.25) is 0 Å². The second-order valence-corrected chi connectivity index (χ2v) is 7.96. The van der Waals surface area contributed by atoms with E-state index in [4.69, 9.17) is 5.21 Å². The molecular weight excluding hydrogens is 432 g/mol. The largest absolute Gasteiger partial charge is 0.363 e. The van der Waals surface area contributed by atoms with Crippen molar-refractivity contribution < 1.29 is 14.8 Å². The summed E-state index contributed by atoms with van der Waals surface area (Å²) in [6, 6.07) is 19.7. The Labute approximate surface area is 196 Å². The van der Waals surface area contributed by atoms with Crippen LogP contribution in [0.25, 0.3) is 22.3 Å². The first kappa shape index (κ1) is 22.9. The number of carbonyl (C=O) groups is 2. The first-order chi connectivity index (χ1) is 16.5. The molecule has 0 saturated carbocycles. The van der Waals surface area contributed by atoms with Gasteiger partial charge >= 0.3 is 0 Å². The van der Waals surface area contributed by atoms with Crippen molar-refractivity contribution in [2.75, 3.05) is 10.6 Å². The second kappa shape index (κ2) is 10.6. The fourth-order valence-corrected chi connectivity index (χ4v) is 3.66. The lowest BCUT2D eigenvalue weighted by atomic mass is 10.1. The van der Waals surface area contributed by atoms with Crippen molar-refractivity contribution in [3.63, 3.8) is 0 Å². The highest BCUT2D eigenvalue weighted by Crippen LogP contribution is 2.29. The molecule has 0 fully saturated rings. The number of benzene rings is 2. The van der Waals surface area contributed by atoms with Gasteiger partial charge in [-0.2, -0.15) is 0 Å². The number of hydrogen-bond donors (Lipinski definition) is 5. The van der Waals surface area contributed by atoms with E-state index in [0.29, 0.717) is 12.1 Å². The van der Waals surface area contributed by atoms with Gasteiger partial charge < -0.3 is 15.6 Å². The molecular formula is C25H26N6O3. The molecule has 4 rings (SSSR count). The average molecular weight is 459 g/mol. The minimum Gasteiger partial charge on any atom is -0.363 e. The topological polar surface area (TPSA) is 132 Å². The maximum atomic E-state index is 12.0. The summed E-state index contributed by atoms with van der Waals surface area (Å²) in [5, 5.41) is 15.7. The molecule has 0 saturated heterocycles. The van der Waals surface area contributed by atoms with Crippen molar-refractivity contribution in [2.24, 2.45) is 0 Å². The van der Waals surface area contributed by atoms with Gasteiger partial charge in [-0.25, -0.2) is 15.4 Å². The molecule has 174 valence electrons. The van der Waals surface area contributed by atoms with Gasteiger partial charge in [0.25, 0.3) is 0 Å². The van der Waals surface area contributed by atoms with Gasteiger partial charge in [0.1, 0.15) is 17.8 Å². The Balaban J connectivity index is 1.44. The third-order valence-corrected chi connectivity index (χ3v) is 5.49. The fourth-order valence-electron chi connectivity index (χ4n) is 3.66. The minimum atomic E-state index is -0.506. The summed E-state index contributed by atoms with van der Waals surface area (Å²) in [6.45, 7) is 2.09. The van der Waals surface area contributed by atoms with Gasteiger partial charge in [-0.05, 0) is 42.7 Å². The first-order valence-corrected chi connectivity index (χ1v) is 11.0. The van der Waals surface area contributed by atoms with E-state index < -0.39 is 5.91 Å². The van der Waals surface area contributed by atoms with Crippen LogP contribution in [0, 0.1) is 0 Å². The number of carbonyl (C=O) groups excluding carboxylic acids is 2. The molecule has 9 nitrogen and oxygen atoms in total. The van der Waals surface area contributed by atoms with E-state index in [1.807, 2.05) is 48.5 Å². The van der Waals surface area contributed by atoms with Crippen LogP contribution >= 0.6 is 0 Å². The van der Waals surface area contributed by atoms with Gasteiger partial charge in [0.05, 0.1) is 5.39 Å². The van der Waals surface area contributed by atoms with E-state index >= 15 is 0 Å². The molecule has 0 bridgehead atoms. The number of rotatable bonds is 9. The molecule has 0 spiro atoms. The highest BCUT2D eigenvalue weighted by Gasteiger charge is 2.13. The number of aromatic amines is 1. The third kappa shape index (κ3) is 5.57. The van der Waals surface area contributed by atoms with Crippen molar-refractivity contribution in [1.29, 1.82) is 0 Å². The second-order valence-electron chi connectivity index (χ2n) is 7.96. The Bertz CT molecular complexity index is 1270. The molecule has 4 aromatic rings. The van der Waals surface area contributed by atoms with Gasteiger partial charge in [0, 0.05) is 30.3 Å². The quantitative estimate of drug-likeness (QED) is 0.186. The summed E-state index contributed by atoms with van der Waals surface area (Å²) in [6.07, 6.45) is 2.16. The van der Waals surface area contributed by atoms with Crippen molar-refractivity contribution in [2.45, 2.75) is 32.2 Å². The first-order valence-electron chi connectivity index (χ1n) is 11.0. The van der Waals surface area contributed by atoms with Crippen LogP contribution in [-0.4, -0.2) is 32.0 Å². The standard InChI is InChI=1S/C25H26N6O3/c1-16(17-6-3-2-4-7-17)28-24-20-14-21(30-25(20)27-15-26-24)18-10-12-19(13-11-18)29-22(32)8-5-9-23(33)31-34/h2-4,6-7,10-16,34H,5,8-9H2,1H3,(H,29,32)(H,31,33)(H2,26,27,28,30)/t16-/m1/s1. The van der Waals surface area contributed by atoms with Crippen LogP contribution in [-0.2, 0) is 9.59 Å². The van der Waals surface area contributed by atoms with Gasteiger partial charge in [-0.3, -0.25) is 14.8 Å². The highest BCUT2D eigenvalue weighted by atomic mass is 16.5. The van der Waals surface area contributed by atoms with E-state index in [-0.39, 0.29) is 24.8 Å². The van der Waals surface area contributed by atoms with Gasteiger partial charge in [-0.15, -0.1) is 0 Å². The molecule has 1 atom stereocenters. The lowest BCUT2D eigenvalue weighted by molar-refractivity contribution is -0.129. The monoisotopic (exact) mass is 458 g/mol.